The van der Waals surface area contributed by atoms with Crippen LogP contribution in [0.1, 0.15) is 0 Å². The lowest BCUT2D eigenvalue weighted by atomic mass is 10.2. The number of benzene rings is 2. The lowest BCUT2D eigenvalue weighted by Crippen LogP contribution is -2.22. The molecule has 0 radical (unpaired) electrons. The zero-order valence-electron chi connectivity index (χ0n) is 13.4. The van der Waals surface area contributed by atoms with Crippen LogP contribution < -0.4 is 5.56 Å². The van der Waals surface area contributed by atoms with Gasteiger partial charge in [0.25, 0.3) is 11.2 Å². The molecule has 4 rings (SSSR count). The number of hydrogen-bond acceptors (Lipinski definition) is 5. The molecule has 2 aromatic heterocycles. The predicted molar refractivity (Wildman–Crippen MR) is 97.2 cm³/mol. The number of non-ortho nitro benzene ring substituents is 1. The minimum Gasteiger partial charge on any atom is -0.268 e. The molecule has 0 aliphatic rings. The smallest absolute Gasteiger partial charge is 0.268 e. The number of hydrogen-bond donors (Lipinski definition) is 0. The van der Waals surface area contributed by atoms with Crippen LogP contribution in [0.25, 0.3) is 28.1 Å². The molecule has 2 heterocycles. The molecule has 0 spiro atoms. The normalized spacial score (nSPS) is 10.8. The van der Waals surface area contributed by atoms with Crippen LogP contribution in [-0.4, -0.2) is 19.5 Å². The monoisotopic (exact) mass is 344 g/mol. The van der Waals surface area contributed by atoms with Gasteiger partial charge < -0.3 is 0 Å². The second-order valence-corrected chi connectivity index (χ2v) is 5.56. The maximum absolute atomic E-state index is 13.2. The average Bonchev–Trinajstić information content (AvgIpc) is 2.68. The number of pyridine rings is 1. The van der Waals surface area contributed by atoms with E-state index in [1.165, 1.54) is 16.7 Å². The van der Waals surface area contributed by atoms with Gasteiger partial charge in [-0.3, -0.25) is 24.5 Å². The third-order valence-corrected chi connectivity index (χ3v) is 3.98. The average molecular weight is 344 g/mol. The van der Waals surface area contributed by atoms with Crippen molar-refractivity contribution in [2.75, 3.05) is 0 Å². The van der Waals surface area contributed by atoms with E-state index in [2.05, 4.69) is 9.97 Å². The van der Waals surface area contributed by atoms with Gasteiger partial charge in [0.05, 0.1) is 16.0 Å². The van der Waals surface area contributed by atoms with Crippen molar-refractivity contribution in [1.29, 1.82) is 0 Å². The molecule has 7 heteroatoms. The molecule has 0 saturated carbocycles. The van der Waals surface area contributed by atoms with Gasteiger partial charge in [-0.2, -0.15) is 0 Å². The van der Waals surface area contributed by atoms with Crippen molar-refractivity contribution in [2.45, 2.75) is 0 Å². The number of fused-ring (bicyclic) bond motifs is 1. The van der Waals surface area contributed by atoms with E-state index in [1.807, 2.05) is 18.2 Å². The number of nitro groups is 1. The molecule has 0 aliphatic carbocycles. The number of rotatable bonds is 3. The van der Waals surface area contributed by atoms with Crippen LogP contribution >= 0.6 is 0 Å². The molecule has 0 aliphatic heterocycles. The lowest BCUT2D eigenvalue weighted by molar-refractivity contribution is -0.383. The largest absolute Gasteiger partial charge is 0.295 e. The molecule has 2 aromatic carbocycles. The second kappa shape index (κ2) is 6.21. The highest BCUT2D eigenvalue weighted by molar-refractivity contribution is 5.88. The number of nitrogens with zero attached hydrogens (tertiary/aromatic N) is 4. The molecule has 4 aromatic rings. The molecule has 0 fully saturated rings. The molecule has 26 heavy (non-hydrogen) atoms. The van der Waals surface area contributed by atoms with Crippen molar-refractivity contribution in [1.82, 2.24) is 14.5 Å². The van der Waals surface area contributed by atoms with Gasteiger partial charge in [0, 0.05) is 12.3 Å². The van der Waals surface area contributed by atoms with Crippen molar-refractivity contribution in [3.8, 4) is 17.2 Å². The van der Waals surface area contributed by atoms with E-state index in [4.69, 9.17) is 0 Å². The molecule has 0 saturated heterocycles. The van der Waals surface area contributed by atoms with E-state index in [1.54, 1.807) is 42.6 Å². The van der Waals surface area contributed by atoms with Gasteiger partial charge in [0.2, 0.25) is 0 Å². The fourth-order valence-electron chi connectivity index (χ4n) is 2.82. The Hall–Kier alpha value is -3.87. The fraction of sp³-hybridized carbons (Fsp3) is 0. The molecule has 0 atom stereocenters. The Morgan fingerprint density at radius 3 is 2.38 bits per heavy atom. The molecular weight excluding hydrogens is 332 g/mol. The van der Waals surface area contributed by atoms with Crippen LogP contribution in [0.3, 0.4) is 0 Å². The summed E-state index contributed by atoms with van der Waals surface area (Å²) < 4.78 is 1.42. The van der Waals surface area contributed by atoms with Crippen LogP contribution in [0.4, 0.5) is 5.69 Å². The Labute approximate surface area is 147 Å². The Balaban J connectivity index is 2.17. The highest BCUT2D eigenvalue weighted by Gasteiger charge is 2.20. The van der Waals surface area contributed by atoms with E-state index in [0.29, 0.717) is 11.4 Å². The topological polar surface area (TPSA) is 90.9 Å². The Kier molecular flexibility index (Phi) is 3.74. The third-order valence-electron chi connectivity index (χ3n) is 3.98. The van der Waals surface area contributed by atoms with Crippen molar-refractivity contribution in [2.24, 2.45) is 0 Å². The van der Waals surface area contributed by atoms with Crippen LogP contribution in [0, 0.1) is 10.1 Å². The Morgan fingerprint density at radius 2 is 1.69 bits per heavy atom. The summed E-state index contributed by atoms with van der Waals surface area (Å²) in [6.07, 6.45) is 1.58. The fourth-order valence-corrected chi connectivity index (χ4v) is 2.82. The van der Waals surface area contributed by atoms with E-state index >= 15 is 0 Å². The third kappa shape index (κ3) is 2.51. The molecule has 0 N–H and O–H groups in total. The van der Waals surface area contributed by atoms with Gasteiger partial charge in [-0.25, -0.2) is 4.98 Å². The van der Waals surface area contributed by atoms with E-state index in [-0.39, 0.29) is 28.0 Å². The minimum absolute atomic E-state index is 0.0512. The maximum atomic E-state index is 13.2. The van der Waals surface area contributed by atoms with Crippen LogP contribution in [0.5, 0.6) is 0 Å². The SMILES string of the molecule is O=c1c2cccc([N+](=O)[O-])c2nc(-c2ccccn2)n1-c1ccccc1. The molecule has 126 valence electrons. The van der Waals surface area contributed by atoms with Gasteiger partial charge in [-0.1, -0.05) is 30.3 Å². The molecule has 0 amide bonds. The Morgan fingerprint density at radius 1 is 0.923 bits per heavy atom. The van der Waals surface area contributed by atoms with Gasteiger partial charge >= 0.3 is 0 Å². The quantitative estimate of drug-likeness (QED) is 0.420. The molecular formula is C19H12N4O3. The van der Waals surface area contributed by atoms with Crippen molar-refractivity contribution in [3.63, 3.8) is 0 Å². The number of para-hydroxylation sites is 2. The molecule has 0 unspecified atom stereocenters. The zero-order chi connectivity index (χ0) is 18.1. The summed E-state index contributed by atoms with van der Waals surface area (Å²) in [5, 5.41) is 11.6. The first kappa shape index (κ1) is 15.6. The summed E-state index contributed by atoms with van der Waals surface area (Å²) in [6, 6.07) is 18.6. The first-order valence-corrected chi connectivity index (χ1v) is 7.84. The van der Waals surface area contributed by atoms with Gasteiger partial charge in [-0.05, 0) is 30.3 Å². The zero-order valence-corrected chi connectivity index (χ0v) is 13.4. The van der Waals surface area contributed by atoms with Crippen molar-refractivity contribution < 1.29 is 4.92 Å². The minimum atomic E-state index is -0.538. The van der Waals surface area contributed by atoms with Crippen LogP contribution in [0.15, 0.2) is 77.7 Å². The predicted octanol–water partition coefficient (Wildman–Crippen LogP) is 3.36. The van der Waals surface area contributed by atoms with Crippen molar-refractivity contribution >= 4 is 16.6 Å². The summed E-state index contributed by atoms with van der Waals surface area (Å²) in [7, 11) is 0. The summed E-state index contributed by atoms with van der Waals surface area (Å²) in [5.74, 6) is 0.253. The number of aromatic nitrogens is 3. The van der Waals surface area contributed by atoms with Gasteiger partial charge in [-0.15, -0.1) is 0 Å². The maximum Gasteiger partial charge on any atom is 0.295 e. The molecule has 7 nitrogen and oxygen atoms in total. The highest BCUT2D eigenvalue weighted by Crippen LogP contribution is 2.25. The van der Waals surface area contributed by atoms with Gasteiger partial charge in [0.15, 0.2) is 11.3 Å². The van der Waals surface area contributed by atoms with E-state index < -0.39 is 4.92 Å². The second-order valence-electron chi connectivity index (χ2n) is 5.56. The van der Waals surface area contributed by atoms with E-state index in [0.717, 1.165) is 0 Å². The first-order valence-electron chi connectivity index (χ1n) is 7.84. The van der Waals surface area contributed by atoms with E-state index in [9.17, 15) is 14.9 Å². The van der Waals surface area contributed by atoms with Crippen LogP contribution in [-0.2, 0) is 0 Å². The summed E-state index contributed by atoms with van der Waals surface area (Å²) in [5.41, 5.74) is 0.519. The van der Waals surface area contributed by atoms with Crippen LogP contribution in [0.2, 0.25) is 0 Å². The summed E-state index contributed by atoms with van der Waals surface area (Å²) in [6.45, 7) is 0. The van der Waals surface area contributed by atoms with Crippen molar-refractivity contribution in [3.05, 3.63) is 93.4 Å². The Bertz CT molecular complexity index is 1170. The lowest BCUT2D eigenvalue weighted by Gasteiger charge is -2.13. The first-order chi connectivity index (χ1) is 12.7. The summed E-state index contributed by atoms with van der Waals surface area (Å²) in [4.78, 5) is 32.7. The molecule has 0 bridgehead atoms. The van der Waals surface area contributed by atoms with Gasteiger partial charge in [0.1, 0.15) is 5.69 Å². The summed E-state index contributed by atoms with van der Waals surface area (Å²) >= 11 is 0. The highest BCUT2D eigenvalue weighted by atomic mass is 16.6. The number of nitro benzene ring substituents is 1. The standard InChI is InChI=1S/C19H12N4O3/c24-19-14-9-6-11-16(23(25)26)17(14)21-18(15-10-4-5-12-20-15)22(19)13-7-2-1-3-8-13/h1-12H.